The van der Waals surface area contributed by atoms with E-state index in [-0.39, 0.29) is 23.6 Å². The minimum absolute atomic E-state index is 0.103. The van der Waals surface area contributed by atoms with Gasteiger partial charge in [0, 0.05) is 6.54 Å². The molecule has 1 aromatic carbocycles. The van der Waals surface area contributed by atoms with Gasteiger partial charge in [-0.15, -0.1) is 11.8 Å². The summed E-state index contributed by atoms with van der Waals surface area (Å²) in [5.74, 6) is 0.258. The molecule has 0 bridgehead atoms. The Kier molecular flexibility index (Phi) is 5.67. The molecule has 0 aliphatic carbocycles. The van der Waals surface area contributed by atoms with Crippen LogP contribution in [0.25, 0.3) is 0 Å². The van der Waals surface area contributed by atoms with E-state index in [0.29, 0.717) is 5.75 Å². The molecule has 114 valence electrons. The number of thioether (sulfide) groups is 1. The van der Waals surface area contributed by atoms with Crippen LogP contribution < -0.4 is 5.73 Å². The van der Waals surface area contributed by atoms with E-state index in [9.17, 15) is 9.59 Å². The van der Waals surface area contributed by atoms with Crippen LogP contribution in [-0.2, 0) is 9.59 Å². The number of amides is 2. The zero-order valence-electron chi connectivity index (χ0n) is 12.4. The van der Waals surface area contributed by atoms with Crippen LogP contribution in [0.2, 0.25) is 0 Å². The van der Waals surface area contributed by atoms with E-state index in [0.717, 1.165) is 25.8 Å². The van der Waals surface area contributed by atoms with Gasteiger partial charge in [-0.05, 0) is 31.7 Å². The Morgan fingerprint density at radius 2 is 1.95 bits per heavy atom. The number of nitrogens with two attached hydrogens (primary N) is 1. The number of hydrogen-bond acceptors (Lipinski definition) is 3. The fourth-order valence-electron chi connectivity index (χ4n) is 2.69. The molecule has 4 nitrogen and oxygen atoms in total. The Hall–Kier alpha value is -1.49. The molecule has 0 unspecified atom stereocenters. The highest BCUT2D eigenvalue weighted by Crippen LogP contribution is 2.31. The number of hydrogen-bond donors (Lipinski definition) is 1. The molecule has 0 saturated carbocycles. The molecule has 1 aliphatic heterocycles. The number of benzene rings is 1. The van der Waals surface area contributed by atoms with E-state index < -0.39 is 0 Å². The second kappa shape index (κ2) is 7.50. The zero-order chi connectivity index (χ0) is 15.2. The van der Waals surface area contributed by atoms with Crippen molar-refractivity contribution in [2.45, 2.75) is 32.2 Å². The van der Waals surface area contributed by atoms with Crippen LogP contribution in [0.4, 0.5) is 0 Å². The summed E-state index contributed by atoms with van der Waals surface area (Å²) in [7, 11) is 0. The first kappa shape index (κ1) is 15.9. The van der Waals surface area contributed by atoms with Gasteiger partial charge in [-0.25, -0.2) is 0 Å². The first-order valence-electron chi connectivity index (χ1n) is 7.30. The molecule has 1 atom stereocenters. The summed E-state index contributed by atoms with van der Waals surface area (Å²) in [4.78, 5) is 25.1. The Balaban J connectivity index is 2.02. The van der Waals surface area contributed by atoms with Gasteiger partial charge in [0.05, 0.1) is 17.5 Å². The molecule has 2 N–H and O–H groups in total. The lowest BCUT2D eigenvalue weighted by atomic mass is 9.94. The van der Waals surface area contributed by atoms with Crippen molar-refractivity contribution in [3.05, 3.63) is 35.4 Å². The van der Waals surface area contributed by atoms with Crippen molar-refractivity contribution in [1.82, 2.24) is 4.90 Å². The third-order valence-electron chi connectivity index (χ3n) is 3.76. The monoisotopic (exact) mass is 306 g/mol. The third-order valence-corrected chi connectivity index (χ3v) is 4.69. The normalized spacial score (nSPS) is 18.5. The van der Waals surface area contributed by atoms with E-state index in [1.807, 2.05) is 4.90 Å². The van der Waals surface area contributed by atoms with Crippen molar-refractivity contribution in [3.63, 3.8) is 0 Å². The largest absolute Gasteiger partial charge is 0.369 e. The predicted octanol–water partition coefficient (Wildman–Crippen LogP) is 2.27. The number of rotatable bonds is 5. The number of carbonyl (C=O) groups excluding carboxylic acids is 2. The topological polar surface area (TPSA) is 63.4 Å². The number of piperidine rings is 1. The van der Waals surface area contributed by atoms with Gasteiger partial charge in [0.1, 0.15) is 0 Å². The molecule has 0 radical (unpaired) electrons. The van der Waals surface area contributed by atoms with Crippen LogP contribution in [0.15, 0.2) is 24.3 Å². The smallest absolute Gasteiger partial charge is 0.233 e. The molecule has 2 rings (SSSR count). The van der Waals surface area contributed by atoms with Gasteiger partial charge in [-0.3, -0.25) is 9.59 Å². The van der Waals surface area contributed by atoms with Crippen molar-refractivity contribution >= 4 is 23.6 Å². The Morgan fingerprint density at radius 1 is 1.24 bits per heavy atom. The standard InChI is InChI=1S/C16H22N2O2S/c1-12-5-7-13(8-6-12)14-4-2-3-9-18(14)16(20)11-21-10-15(17)19/h5-8,14H,2-4,9-11H2,1H3,(H2,17,19)/t14-/m0/s1. The summed E-state index contributed by atoms with van der Waals surface area (Å²) >= 11 is 1.30. The van der Waals surface area contributed by atoms with Crippen molar-refractivity contribution in [2.75, 3.05) is 18.1 Å². The highest BCUT2D eigenvalue weighted by atomic mass is 32.2. The molecule has 2 amide bonds. The van der Waals surface area contributed by atoms with Crippen molar-refractivity contribution in [1.29, 1.82) is 0 Å². The van der Waals surface area contributed by atoms with Gasteiger partial charge in [0.25, 0.3) is 0 Å². The van der Waals surface area contributed by atoms with Crippen LogP contribution in [0.3, 0.4) is 0 Å². The van der Waals surface area contributed by atoms with Crippen molar-refractivity contribution < 1.29 is 9.59 Å². The lowest BCUT2D eigenvalue weighted by Gasteiger charge is -2.36. The van der Waals surface area contributed by atoms with E-state index >= 15 is 0 Å². The molecular formula is C16H22N2O2S. The van der Waals surface area contributed by atoms with E-state index in [2.05, 4.69) is 31.2 Å². The fraction of sp³-hybridized carbons (Fsp3) is 0.500. The van der Waals surface area contributed by atoms with Gasteiger partial charge in [0.15, 0.2) is 0 Å². The van der Waals surface area contributed by atoms with Gasteiger partial charge in [0.2, 0.25) is 11.8 Å². The Bertz CT molecular complexity index is 502. The van der Waals surface area contributed by atoms with Crippen molar-refractivity contribution in [3.8, 4) is 0 Å². The molecule has 1 aromatic rings. The molecule has 1 heterocycles. The maximum absolute atomic E-state index is 12.4. The molecule has 1 aliphatic rings. The van der Waals surface area contributed by atoms with Crippen LogP contribution in [0, 0.1) is 6.92 Å². The maximum Gasteiger partial charge on any atom is 0.233 e. The lowest BCUT2D eigenvalue weighted by molar-refractivity contribution is -0.132. The lowest BCUT2D eigenvalue weighted by Crippen LogP contribution is -2.39. The summed E-state index contributed by atoms with van der Waals surface area (Å²) in [6.45, 7) is 2.86. The molecule has 0 spiro atoms. The molecule has 5 heteroatoms. The van der Waals surface area contributed by atoms with E-state index in [1.54, 1.807) is 0 Å². The predicted molar refractivity (Wildman–Crippen MR) is 86.0 cm³/mol. The average molecular weight is 306 g/mol. The third kappa shape index (κ3) is 4.49. The summed E-state index contributed by atoms with van der Waals surface area (Å²) in [5, 5.41) is 0. The number of aryl methyl sites for hydroxylation is 1. The first-order valence-corrected chi connectivity index (χ1v) is 8.45. The van der Waals surface area contributed by atoms with Gasteiger partial charge in [-0.1, -0.05) is 29.8 Å². The second-order valence-electron chi connectivity index (χ2n) is 5.47. The van der Waals surface area contributed by atoms with Gasteiger partial charge in [-0.2, -0.15) is 0 Å². The summed E-state index contributed by atoms with van der Waals surface area (Å²) in [6.07, 6.45) is 3.21. The molecule has 1 saturated heterocycles. The quantitative estimate of drug-likeness (QED) is 0.907. The second-order valence-corrected chi connectivity index (χ2v) is 6.45. The van der Waals surface area contributed by atoms with Crippen LogP contribution in [0.1, 0.15) is 36.4 Å². The summed E-state index contributed by atoms with van der Waals surface area (Å²) in [5.41, 5.74) is 7.53. The van der Waals surface area contributed by atoms with Crippen LogP contribution in [0.5, 0.6) is 0 Å². The number of carbonyl (C=O) groups is 2. The number of likely N-dealkylation sites (tertiary alicyclic amines) is 1. The summed E-state index contributed by atoms with van der Waals surface area (Å²) < 4.78 is 0. The van der Waals surface area contributed by atoms with Crippen molar-refractivity contribution in [2.24, 2.45) is 5.73 Å². The van der Waals surface area contributed by atoms with Gasteiger partial charge >= 0.3 is 0 Å². The van der Waals surface area contributed by atoms with Crippen LogP contribution in [-0.4, -0.2) is 34.8 Å². The molecule has 1 fully saturated rings. The van der Waals surface area contributed by atoms with E-state index in [4.69, 9.17) is 5.73 Å². The SMILES string of the molecule is Cc1ccc([C@@H]2CCCCN2C(=O)CSCC(N)=O)cc1. The minimum atomic E-state index is -0.374. The summed E-state index contributed by atoms with van der Waals surface area (Å²) in [6, 6.07) is 8.58. The highest BCUT2D eigenvalue weighted by molar-refractivity contribution is 8.00. The average Bonchev–Trinajstić information content (AvgIpc) is 2.47. The minimum Gasteiger partial charge on any atom is -0.369 e. The Labute approximate surface area is 130 Å². The zero-order valence-corrected chi connectivity index (χ0v) is 13.2. The maximum atomic E-state index is 12.4. The number of nitrogens with zero attached hydrogens (tertiary/aromatic N) is 1. The van der Waals surface area contributed by atoms with Gasteiger partial charge < -0.3 is 10.6 Å². The Morgan fingerprint density at radius 3 is 2.62 bits per heavy atom. The molecule has 0 aromatic heterocycles. The van der Waals surface area contributed by atoms with Crippen LogP contribution >= 0.6 is 11.8 Å². The fourth-order valence-corrected chi connectivity index (χ4v) is 3.33. The highest BCUT2D eigenvalue weighted by Gasteiger charge is 2.27. The van der Waals surface area contributed by atoms with E-state index in [1.165, 1.54) is 22.9 Å². The first-order chi connectivity index (χ1) is 10.1. The number of primary amides is 1. The molecular weight excluding hydrogens is 284 g/mol. The molecule has 21 heavy (non-hydrogen) atoms.